The van der Waals surface area contributed by atoms with Gasteiger partial charge in [0, 0.05) is 27.2 Å². The molecule has 0 spiro atoms. The summed E-state index contributed by atoms with van der Waals surface area (Å²) in [5, 5.41) is 0.255. The van der Waals surface area contributed by atoms with Crippen LogP contribution in [0.1, 0.15) is 30.1 Å². The van der Waals surface area contributed by atoms with Crippen LogP contribution >= 0.6 is 11.6 Å². The molecule has 1 aromatic carbocycles. The molecule has 0 saturated carbocycles. The molecular weight excluding hydrogens is 324 g/mol. The van der Waals surface area contributed by atoms with Crippen molar-refractivity contribution in [3.8, 4) is 0 Å². The SMILES string of the molecule is CC1CCN(S(=O)(=O)c2ccc(Cl)c(C(=O)N(C)C)c2)CC1. The first kappa shape index (κ1) is 17.2. The Bertz CT molecular complexity index is 665. The molecule has 1 fully saturated rings. The predicted octanol–water partition coefficient (Wildman–Crippen LogP) is 2.46. The molecule has 1 saturated heterocycles. The molecule has 2 rings (SSSR count). The number of amides is 1. The topological polar surface area (TPSA) is 57.7 Å². The van der Waals surface area contributed by atoms with E-state index in [1.54, 1.807) is 14.1 Å². The molecular formula is C15H21ClN2O3S. The monoisotopic (exact) mass is 344 g/mol. The molecule has 1 aromatic rings. The Hall–Kier alpha value is -1.11. The summed E-state index contributed by atoms with van der Waals surface area (Å²) in [4.78, 5) is 13.6. The molecule has 1 aliphatic rings. The van der Waals surface area contributed by atoms with E-state index >= 15 is 0 Å². The highest BCUT2D eigenvalue weighted by molar-refractivity contribution is 7.89. The third-order valence-electron chi connectivity index (χ3n) is 3.95. The lowest BCUT2D eigenvalue weighted by atomic mass is 10.0. The van der Waals surface area contributed by atoms with Gasteiger partial charge in [0.25, 0.3) is 5.91 Å². The van der Waals surface area contributed by atoms with E-state index in [-0.39, 0.29) is 21.4 Å². The smallest absolute Gasteiger partial charge is 0.254 e. The standard InChI is InChI=1S/C15H21ClN2O3S/c1-11-6-8-18(9-7-11)22(20,21)12-4-5-14(16)13(10-12)15(19)17(2)3/h4-5,10-11H,6-9H2,1-3H3. The Balaban J connectivity index is 2.36. The number of benzene rings is 1. The number of piperidine rings is 1. The minimum atomic E-state index is -3.58. The normalized spacial score (nSPS) is 17.5. The average Bonchev–Trinajstić information content (AvgIpc) is 2.47. The van der Waals surface area contributed by atoms with Crippen LogP contribution in [-0.4, -0.2) is 50.7 Å². The fourth-order valence-corrected chi connectivity index (χ4v) is 4.14. The van der Waals surface area contributed by atoms with E-state index in [0.717, 1.165) is 12.8 Å². The summed E-state index contributed by atoms with van der Waals surface area (Å²) in [6.45, 7) is 3.16. The van der Waals surface area contributed by atoms with Gasteiger partial charge in [-0.25, -0.2) is 8.42 Å². The first-order valence-electron chi connectivity index (χ1n) is 7.25. The van der Waals surface area contributed by atoms with Crippen LogP contribution in [0.5, 0.6) is 0 Å². The largest absolute Gasteiger partial charge is 0.345 e. The van der Waals surface area contributed by atoms with Crippen molar-refractivity contribution in [2.75, 3.05) is 27.2 Å². The minimum Gasteiger partial charge on any atom is -0.345 e. The van der Waals surface area contributed by atoms with E-state index < -0.39 is 10.0 Å². The number of carbonyl (C=O) groups excluding carboxylic acids is 1. The third-order valence-corrected chi connectivity index (χ3v) is 6.18. The molecule has 122 valence electrons. The zero-order valence-electron chi connectivity index (χ0n) is 13.0. The van der Waals surface area contributed by atoms with Crippen LogP contribution in [0.25, 0.3) is 0 Å². The van der Waals surface area contributed by atoms with Gasteiger partial charge in [0.1, 0.15) is 0 Å². The number of rotatable bonds is 3. The van der Waals surface area contributed by atoms with Crippen molar-refractivity contribution in [1.82, 2.24) is 9.21 Å². The second-order valence-corrected chi connectivity index (χ2v) is 8.27. The number of hydrogen-bond donors (Lipinski definition) is 0. The molecule has 7 heteroatoms. The Morgan fingerprint density at radius 1 is 1.27 bits per heavy atom. The molecule has 5 nitrogen and oxygen atoms in total. The molecule has 0 aromatic heterocycles. The quantitative estimate of drug-likeness (QED) is 0.846. The van der Waals surface area contributed by atoms with E-state index in [4.69, 9.17) is 11.6 Å². The van der Waals surface area contributed by atoms with Gasteiger partial charge in [-0.15, -0.1) is 0 Å². The van der Waals surface area contributed by atoms with Crippen LogP contribution in [0.2, 0.25) is 5.02 Å². The Kier molecular flexibility index (Phi) is 5.14. The van der Waals surface area contributed by atoms with Gasteiger partial charge < -0.3 is 4.90 Å². The fraction of sp³-hybridized carbons (Fsp3) is 0.533. The molecule has 0 unspecified atom stereocenters. The van der Waals surface area contributed by atoms with E-state index in [1.807, 2.05) is 0 Å². The van der Waals surface area contributed by atoms with E-state index in [0.29, 0.717) is 19.0 Å². The van der Waals surface area contributed by atoms with Gasteiger partial charge in [-0.2, -0.15) is 4.31 Å². The van der Waals surface area contributed by atoms with E-state index in [9.17, 15) is 13.2 Å². The molecule has 1 amide bonds. The molecule has 0 radical (unpaired) electrons. The van der Waals surface area contributed by atoms with Gasteiger partial charge in [0.2, 0.25) is 10.0 Å². The van der Waals surface area contributed by atoms with Crippen LogP contribution in [0.15, 0.2) is 23.1 Å². The first-order valence-corrected chi connectivity index (χ1v) is 9.06. The molecule has 0 N–H and O–H groups in total. The molecule has 0 bridgehead atoms. The Morgan fingerprint density at radius 3 is 2.41 bits per heavy atom. The number of sulfonamides is 1. The summed E-state index contributed by atoms with van der Waals surface area (Å²) in [5.74, 6) is 0.233. The van der Waals surface area contributed by atoms with Crippen LogP contribution in [0.3, 0.4) is 0 Å². The summed E-state index contributed by atoms with van der Waals surface area (Å²) in [5.41, 5.74) is 0.207. The number of hydrogen-bond acceptors (Lipinski definition) is 3. The van der Waals surface area contributed by atoms with Gasteiger partial charge in [0.05, 0.1) is 15.5 Å². The Labute approximate surface area is 136 Å². The maximum absolute atomic E-state index is 12.7. The fourth-order valence-electron chi connectivity index (χ4n) is 2.44. The van der Waals surface area contributed by atoms with Crippen LogP contribution < -0.4 is 0 Å². The van der Waals surface area contributed by atoms with Crippen LogP contribution in [0.4, 0.5) is 0 Å². The maximum Gasteiger partial charge on any atom is 0.254 e. The zero-order chi connectivity index (χ0) is 16.5. The van der Waals surface area contributed by atoms with Gasteiger partial charge in [-0.1, -0.05) is 18.5 Å². The van der Waals surface area contributed by atoms with Gasteiger partial charge >= 0.3 is 0 Å². The third kappa shape index (κ3) is 3.45. The molecule has 1 aliphatic heterocycles. The summed E-state index contributed by atoms with van der Waals surface area (Å²) in [6.07, 6.45) is 1.71. The van der Waals surface area contributed by atoms with Gasteiger partial charge in [0.15, 0.2) is 0 Å². The summed E-state index contributed by atoms with van der Waals surface area (Å²) in [6, 6.07) is 4.30. The van der Waals surface area contributed by atoms with Crippen molar-refractivity contribution in [1.29, 1.82) is 0 Å². The highest BCUT2D eigenvalue weighted by Crippen LogP contribution is 2.26. The average molecular weight is 345 g/mol. The van der Waals surface area contributed by atoms with Crippen molar-refractivity contribution in [2.45, 2.75) is 24.7 Å². The van der Waals surface area contributed by atoms with Crippen molar-refractivity contribution in [2.24, 2.45) is 5.92 Å². The highest BCUT2D eigenvalue weighted by atomic mass is 35.5. The first-order chi connectivity index (χ1) is 10.2. The van der Waals surface area contributed by atoms with Gasteiger partial charge in [-0.05, 0) is 37.0 Å². The molecule has 0 atom stereocenters. The zero-order valence-corrected chi connectivity index (χ0v) is 14.6. The molecule has 1 heterocycles. The summed E-state index contributed by atoms with van der Waals surface area (Å²) in [7, 11) is -0.374. The molecule has 0 aliphatic carbocycles. The lowest BCUT2D eigenvalue weighted by Crippen LogP contribution is -2.38. The van der Waals surface area contributed by atoms with Crippen LogP contribution in [0, 0.1) is 5.92 Å². The second kappa shape index (κ2) is 6.56. The van der Waals surface area contributed by atoms with E-state index in [1.165, 1.54) is 27.4 Å². The van der Waals surface area contributed by atoms with Gasteiger partial charge in [-0.3, -0.25) is 4.79 Å². The minimum absolute atomic E-state index is 0.122. The van der Waals surface area contributed by atoms with Crippen molar-refractivity contribution in [3.63, 3.8) is 0 Å². The summed E-state index contributed by atoms with van der Waals surface area (Å²) < 4.78 is 26.9. The summed E-state index contributed by atoms with van der Waals surface area (Å²) >= 11 is 6.03. The maximum atomic E-state index is 12.7. The Morgan fingerprint density at radius 2 is 1.86 bits per heavy atom. The number of halogens is 1. The second-order valence-electron chi connectivity index (χ2n) is 5.93. The number of carbonyl (C=O) groups is 1. The van der Waals surface area contributed by atoms with Crippen molar-refractivity contribution < 1.29 is 13.2 Å². The number of nitrogens with zero attached hydrogens (tertiary/aromatic N) is 2. The van der Waals surface area contributed by atoms with Crippen LogP contribution in [-0.2, 0) is 10.0 Å². The lowest BCUT2D eigenvalue weighted by Gasteiger charge is -2.29. The van der Waals surface area contributed by atoms with Crippen molar-refractivity contribution in [3.05, 3.63) is 28.8 Å². The molecule has 22 heavy (non-hydrogen) atoms. The van der Waals surface area contributed by atoms with E-state index in [2.05, 4.69) is 6.92 Å². The lowest BCUT2D eigenvalue weighted by molar-refractivity contribution is 0.0827. The van der Waals surface area contributed by atoms with Crippen molar-refractivity contribution >= 4 is 27.5 Å². The highest BCUT2D eigenvalue weighted by Gasteiger charge is 2.29. The predicted molar refractivity (Wildman–Crippen MR) is 86.6 cm³/mol.